The van der Waals surface area contributed by atoms with Gasteiger partial charge in [0.25, 0.3) is 0 Å². The lowest BCUT2D eigenvalue weighted by atomic mass is 10.2. The van der Waals surface area contributed by atoms with Gasteiger partial charge in [-0.1, -0.05) is 35.4 Å². The fraction of sp³-hybridized carbons (Fsp3) is 1.00. The second-order valence-electron chi connectivity index (χ2n) is 2.28. The Morgan fingerprint density at radius 2 is 1.60 bits per heavy atom. The van der Waals surface area contributed by atoms with Gasteiger partial charge in [0.1, 0.15) is 0 Å². The first-order valence-corrected chi connectivity index (χ1v) is 6.16. The van der Waals surface area contributed by atoms with Crippen LogP contribution in [0.25, 0.3) is 0 Å². The summed E-state index contributed by atoms with van der Waals surface area (Å²) in [5, 5.41) is 0. The van der Waals surface area contributed by atoms with Crippen molar-refractivity contribution in [3.63, 3.8) is 0 Å². The van der Waals surface area contributed by atoms with Crippen molar-refractivity contribution in [2.45, 2.75) is 32.1 Å². The Morgan fingerprint density at radius 3 is 2.20 bits per heavy atom. The largest absolute Gasteiger partial charge is 0.458 e. The number of unbranched alkanes of at least 4 members (excludes halogenated alkanes) is 4. The minimum absolute atomic E-state index is 0.714. The predicted molar refractivity (Wildman–Crippen MR) is 54.9 cm³/mol. The molecular formula is C7H14IOS+. The van der Waals surface area contributed by atoms with E-state index in [2.05, 4.69) is 22.6 Å². The molecule has 0 N–H and O–H groups in total. The highest BCUT2D eigenvalue weighted by atomic mass is 127. The van der Waals surface area contributed by atoms with E-state index in [4.69, 9.17) is 0 Å². The van der Waals surface area contributed by atoms with Crippen LogP contribution in [0.5, 0.6) is 0 Å². The van der Waals surface area contributed by atoms with Crippen molar-refractivity contribution in [3.05, 3.63) is 0 Å². The second kappa shape index (κ2) is 9.75. The first-order valence-electron chi connectivity index (χ1n) is 3.72. The number of hydrogen-bond acceptors (Lipinski definition) is 1. The Morgan fingerprint density at radius 1 is 1.00 bits per heavy atom. The summed E-state index contributed by atoms with van der Waals surface area (Å²) in [4.78, 5) is 0. The summed E-state index contributed by atoms with van der Waals surface area (Å²) in [6.45, 7) is 0. The van der Waals surface area contributed by atoms with Crippen molar-refractivity contribution in [3.8, 4) is 0 Å². The van der Waals surface area contributed by atoms with E-state index in [0.717, 1.165) is 12.2 Å². The van der Waals surface area contributed by atoms with E-state index in [1.165, 1.54) is 30.1 Å². The molecule has 0 aromatic rings. The number of alkyl halides is 1. The van der Waals surface area contributed by atoms with Crippen LogP contribution in [0, 0.1) is 0 Å². The van der Waals surface area contributed by atoms with Crippen molar-refractivity contribution < 1.29 is 4.21 Å². The Kier molecular flexibility index (Phi) is 10.5. The van der Waals surface area contributed by atoms with Gasteiger partial charge in [0.2, 0.25) is 5.75 Å². The van der Waals surface area contributed by atoms with Crippen molar-refractivity contribution in [1.29, 1.82) is 0 Å². The molecule has 0 heterocycles. The molecule has 0 radical (unpaired) electrons. The van der Waals surface area contributed by atoms with Gasteiger partial charge in [-0.25, -0.2) is 0 Å². The smallest absolute Gasteiger partial charge is 0.0864 e. The van der Waals surface area contributed by atoms with E-state index in [1.807, 2.05) is 0 Å². The molecule has 0 saturated heterocycles. The highest BCUT2D eigenvalue weighted by molar-refractivity contribution is 14.1. The number of hydrogen-bond donors (Lipinski definition) is 0. The van der Waals surface area contributed by atoms with Crippen LogP contribution < -0.4 is 0 Å². The van der Waals surface area contributed by atoms with Gasteiger partial charge in [-0.2, -0.15) is 0 Å². The van der Waals surface area contributed by atoms with Crippen LogP contribution in [0.1, 0.15) is 32.1 Å². The van der Waals surface area contributed by atoms with E-state index in [-0.39, 0.29) is 0 Å². The van der Waals surface area contributed by atoms with Crippen molar-refractivity contribution in [2.75, 3.05) is 10.2 Å². The molecule has 1 nitrogen and oxygen atoms in total. The Hall–Kier alpha value is 0.750. The maximum atomic E-state index is 9.93. The molecular weight excluding hydrogens is 259 g/mol. The fourth-order valence-corrected chi connectivity index (χ4v) is 1.65. The van der Waals surface area contributed by atoms with Gasteiger partial charge in [0, 0.05) is 10.6 Å². The SMILES string of the molecule is O=[S+]CCCCCCCI. The molecule has 0 unspecified atom stereocenters. The maximum Gasteiger partial charge on any atom is 0.458 e. The number of halogens is 1. The quantitative estimate of drug-likeness (QED) is 0.302. The Bertz CT molecular complexity index is 78.0. The average molecular weight is 273 g/mol. The molecule has 0 aliphatic heterocycles. The summed E-state index contributed by atoms with van der Waals surface area (Å²) in [5.74, 6) is 0.796. The van der Waals surface area contributed by atoms with Crippen LogP contribution in [0.3, 0.4) is 0 Å². The van der Waals surface area contributed by atoms with Crippen LogP contribution in [0.15, 0.2) is 0 Å². The van der Waals surface area contributed by atoms with Gasteiger partial charge in [-0.05, 0) is 17.3 Å². The molecule has 0 aliphatic rings. The Labute approximate surface area is 80.6 Å². The molecule has 0 bridgehead atoms. The van der Waals surface area contributed by atoms with Crippen LogP contribution in [-0.2, 0) is 15.9 Å². The molecule has 10 heavy (non-hydrogen) atoms. The normalized spacial score (nSPS) is 9.70. The molecule has 0 saturated carbocycles. The monoisotopic (exact) mass is 273 g/mol. The van der Waals surface area contributed by atoms with Crippen LogP contribution in [-0.4, -0.2) is 10.2 Å². The molecule has 0 aromatic carbocycles. The zero-order valence-electron chi connectivity index (χ0n) is 6.14. The standard InChI is InChI=1S/C7H14IOS/c8-6-4-2-1-3-5-7-10-9/h1-7H2/q+1. The lowest BCUT2D eigenvalue weighted by Crippen LogP contribution is -1.83. The first kappa shape index (κ1) is 10.8. The summed E-state index contributed by atoms with van der Waals surface area (Å²) in [6, 6.07) is 0. The summed E-state index contributed by atoms with van der Waals surface area (Å²) in [6.07, 6.45) is 6.34. The summed E-state index contributed by atoms with van der Waals surface area (Å²) in [7, 11) is 0. The average Bonchev–Trinajstić information content (AvgIpc) is 1.97. The van der Waals surface area contributed by atoms with Gasteiger partial charge in [-0.3, -0.25) is 0 Å². The molecule has 0 amide bonds. The van der Waals surface area contributed by atoms with Crippen LogP contribution in [0.2, 0.25) is 0 Å². The zero-order valence-corrected chi connectivity index (χ0v) is 9.12. The summed E-state index contributed by atoms with van der Waals surface area (Å²) >= 11 is 3.12. The van der Waals surface area contributed by atoms with Gasteiger partial charge in [-0.15, -0.1) is 0 Å². The van der Waals surface area contributed by atoms with Gasteiger partial charge in [0.15, 0.2) is 0 Å². The molecule has 0 aromatic heterocycles. The highest BCUT2D eigenvalue weighted by Gasteiger charge is 1.96. The van der Waals surface area contributed by atoms with E-state index >= 15 is 0 Å². The van der Waals surface area contributed by atoms with Crippen molar-refractivity contribution >= 4 is 34.3 Å². The third-order valence-corrected chi connectivity index (χ3v) is 2.58. The van der Waals surface area contributed by atoms with E-state index in [9.17, 15) is 4.21 Å². The van der Waals surface area contributed by atoms with Gasteiger partial charge in [0.05, 0.1) is 0 Å². The first-order chi connectivity index (χ1) is 4.91. The molecule has 0 rings (SSSR count). The molecule has 0 aliphatic carbocycles. The summed E-state index contributed by atoms with van der Waals surface area (Å²) in [5.41, 5.74) is 0. The van der Waals surface area contributed by atoms with E-state index in [1.54, 1.807) is 0 Å². The van der Waals surface area contributed by atoms with Crippen molar-refractivity contribution in [2.24, 2.45) is 0 Å². The lowest BCUT2D eigenvalue weighted by molar-refractivity contribution is 0.600. The molecule has 0 fully saturated rings. The van der Waals surface area contributed by atoms with Gasteiger partial charge < -0.3 is 0 Å². The molecule has 60 valence electrons. The fourth-order valence-electron chi connectivity index (χ4n) is 0.786. The maximum absolute atomic E-state index is 9.93. The van der Waals surface area contributed by atoms with Crippen molar-refractivity contribution in [1.82, 2.24) is 0 Å². The molecule has 0 atom stereocenters. The minimum Gasteiger partial charge on any atom is -0.0864 e. The van der Waals surface area contributed by atoms with E-state index in [0.29, 0.717) is 11.7 Å². The van der Waals surface area contributed by atoms with E-state index < -0.39 is 0 Å². The van der Waals surface area contributed by atoms with Crippen LogP contribution >= 0.6 is 22.6 Å². The lowest BCUT2D eigenvalue weighted by Gasteiger charge is -1.93. The molecule has 0 spiro atoms. The summed E-state index contributed by atoms with van der Waals surface area (Å²) < 4.78 is 11.2. The third kappa shape index (κ3) is 8.75. The second-order valence-corrected chi connectivity index (χ2v) is 4.00. The highest BCUT2D eigenvalue weighted by Crippen LogP contribution is 2.03. The minimum atomic E-state index is 0.714. The Balaban J connectivity index is 2.70. The number of rotatable bonds is 7. The van der Waals surface area contributed by atoms with Crippen LogP contribution in [0.4, 0.5) is 0 Å². The third-order valence-electron chi connectivity index (χ3n) is 1.36. The van der Waals surface area contributed by atoms with Gasteiger partial charge >= 0.3 is 11.7 Å². The topological polar surface area (TPSA) is 17.1 Å². The predicted octanol–water partition coefficient (Wildman–Crippen LogP) is 2.80. The molecule has 3 heteroatoms. The zero-order chi connectivity index (χ0) is 7.66.